The van der Waals surface area contributed by atoms with E-state index >= 15 is 0 Å². The maximum atomic E-state index is 10.9. The average molecular weight is 302 g/mol. The number of nitrogen functional groups attached to an aromatic ring is 2. The molecule has 7 nitrogen and oxygen atoms in total. The Morgan fingerprint density at radius 1 is 1.00 bits per heavy atom. The molecule has 0 aromatic heterocycles. The molecule has 7 heteroatoms. The van der Waals surface area contributed by atoms with Crippen LogP contribution in [0.2, 0.25) is 0 Å². The summed E-state index contributed by atoms with van der Waals surface area (Å²) in [6.07, 6.45) is 0. The minimum atomic E-state index is -0.459. The first-order valence-corrected chi connectivity index (χ1v) is 6.41. The first kappa shape index (κ1) is 17.0. The summed E-state index contributed by atoms with van der Waals surface area (Å²) in [5.74, 6) is 0.0137. The highest BCUT2D eigenvalue weighted by Gasteiger charge is 2.03. The van der Waals surface area contributed by atoms with Gasteiger partial charge in [0.15, 0.2) is 0 Å². The lowest BCUT2D eigenvalue weighted by Gasteiger charge is -2.14. The van der Waals surface area contributed by atoms with Crippen molar-refractivity contribution in [2.45, 2.75) is 6.92 Å². The van der Waals surface area contributed by atoms with E-state index in [-0.39, 0.29) is 11.6 Å². The van der Waals surface area contributed by atoms with Gasteiger partial charge in [0.05, 0.1) is 4.92 Å². The minimum absolute atomic E-state index is 0.0137. The third-order valence-corrected chi connectivity index (χ3v) is 2.86. The van der Waals surface area contributed by atoms with E-state index in [0.29, 0.717) is 11.4 Å². The van der Waals surface area contributed by atoms with Gasteiger partial charge in [-0.15, -0.1) is 0 Å². The fourth-order valence-electron chi connectivity index (χ4n) is 1.48. The van der Waals surface area contributed by atoms with Crippen molar-refractivity contribution in [2.75, 3.05) is 23.4 Å². The normalized spacial score (nSPS) is 9.36. The molecule has 2 aromatic rings. The van der Waals surface area contributed by atoms with E-state index in [1.54, 1.807) is 24.1 Å². The van der Waals surface area contributed by atoms with Crippen molar-refractivity contribution < 1.29 is 9.72 Å². The molecule has 0 radical (unpaired) electrons. The van der Waals surface area contributed by atoms with Crippen LogP contribution in [-0.4, -0.2) is 17.9 Å². The number of rotatable bonds is 2. The zero-order chi connectivity index (χ0) is 16.7. The third kappa shape index (κ3) is 5.12. The van der Waals surface area contributed by atoms with Gasteiger partial charge in [-0.3, -0.25) is 14.9 Å². The van der Waals surface area contributed by atoms with Crippen LogP contribution in [0.4, 0.5) is 22.7 Å². The van der Waals surface area contributed by atoms with E-state index in [1.165, 1.54) is 31.2 Å². The highest BCUT2D eigenvalue weighted by atomic mass is 16.6. The van der Waals surface area contributed by atoms with Crippen LogP contribution in [0.1, 0.15) is 6.92 Å². The Hall–Kier alpha value is -3.09. The second-order valence-corrected chi connectivity index (χ2v) is 4.52. The zero-order valence-corrected chi connectivity index (χ0v) is 12.4. The van der Waals surface area contributed by atoms with Crippen LogP contribution in [0.3, 0.4) is 0 Å². The summed E-state index contributed by atoms with van der Waals surface area (Å²) in [4.78, 5) is 22.1. The SMILES string of the molecule is CC(=O)N(C)c1ccc(N)cc1.Nc1ccc([N+](=O)[O-])cc1. The first-order chi connectivity index (χ1) is 10.3. The average Bonchev–Trinajstić information content (AvgIpc) is 2.48. The molecule has 1 amide bonds. The van der Waals surface area contributed by atoms with Crippen molar-refractivity contribution in [3.8, 4) is 0 Å². The topological polar surface area (TPSA) is 115 Å². The number of nitrogens with zero attached hydrogens (tertiary/aromatic N) is 2. The van der Waals surface area contributed by atoms with E-state index in [4.69, 9.17) is 11.5 Å². The van der Waals surface area contributed by atoms with Crippen molar-refractivity contribution in [1.82, 2.24) is 0 Å². The standard InChI is InChI=1S/C9H12N2O.C6H6N2O2/c1-7(12)11(2)9-5-3-8(10)4-6-9;7-5-1-3-6(4-2-5)8(9)10/h3-6H,10H2,1-2H3;1-4H,7H2. The molecule has 0 fully saturated rings. The van der Waals surface area contributed by atoms with Crippen LogP contribution in [0.25, 0.3) is 0 Å². The number of benzene rings is 2. The van der Waals surface area contributed by atoms with Crippen molar-refractivity contribution in [1.29, 1.82) is 0 Å². The van der Waals surface area contributed by atoms with Crippen molar-refractivity contribution in [3.63, 3.8) is 0 Å². The molecular weight excluding hydrogens is 284 g/mol. The number of amides is 1. The highest BCUT2D eigenvalue weighted by Crippen LogP contribution is 2.14. The van der Waals surface area contributed by atoms with Gasteiger partial charge in [0.2, 0.25) is 5.91 Å². The number of nitrogens with two attached hydrogens (primary N) is 2. The molecule has 0 aliphatic heterocycles. The summed E-state index contributed by atoms with van der Waals surface area (Å²) in [6, 6.07) is 12.9. The maximum Gasteiger partial charge on any atom is 0.269 e. The second kappa shape index (κ2) is 7.63. The van der Waals surface area contributed by atoms with Crippen molar-refractivity contribution in [3.05, 3.63) is 58.6 Å². The molecule has 2 rings (SSSR count). The van der Waals surface area contributed by atoms with E-state index in [1.807, 2.05) is 12.1 Å². The largest absolute Gasteiger partial charge is 0.399 e. The summed E-state index contributed by atoms with van der Waals surface area (Å²) in [5.41, 5.74) is 13.0. The van der Waals surface area contributed by atoms with Gasteiger partial charge in [-0.05, 0) is 36.4 Å². The van der Waals surface area contributed by atoms with E-state index in [0.717, 1.165) is 5.69 Å². The van der Waals surface area contributed by atoms with Gasteiger partial charge < -0.3 is 16.4 Å². The number of non-ortho nitro benzene ring substituents is 1. The Morgan fingerprint density at radius 2 is 1.41 bits per heavy atom. The number of nitro groups is 1. The quantitative estimate of drug-likeness (QED) is 0.502. The smallest absolute Gasteiger partial charge is 0.269 e. The molecule has 0 saturated carbocycles. The summed E-state index contributed by atoms with van der Waals surface area (Å²) >= 11 is 0. The predicted molar refractivity (Wildman–Crippen MR) is 87.4 cm³/mol. The van der Waals surface area contributed by atoms with Crippen LogP contribution in [0, 0.1) is 10.1 Å². The Bertz CT molecular complexity index is 639. The van der Waals surface area contributed by atoms with Crippen LogP contribution >= 0.6 is 0 Å². The number of carbonyl (C=O) groups is 1. The molecule has 0 heterocycles. The first-order valence-electron chi connectivity index (χ1n) is 6.41. The van der Waals surface area contributed by atoms with Crippen molar-refractivity contribution in [2.24, 2.45) is 0 Å². The van der Waals surface area contributed by atoms with Gasteiger partial charge in [0, 0.05) is 43.2 Å². The Balaban J connectivity index is 0.000000224. The molecule has 0 saturated heterocycles. The van der Waals surface area contributed by atoms with Crippen LogP contribution in [-0.2, 0) is 4.79 Å². The molecule has 0 unspecified atom stereocenters. The molecule has 0 atom stereocenters. The summed E-state index contributed by atoms with van der Waals surface area (Å²) in [6.45, 7) is 1.52. The highest BCUT2D eigenvalue weighted by molar-refractivity contribution is 5.90. The molecule has 4 N–H and O–H groups in total. The Morgan fingerprint density at radius 3 is 1.77 bits per heavy atom. The summed E-state index contributed by atoms with van der Waals surface area (Å²) in [7, 11) is 1.73. The number of carbonyl (C=O) groups excluding carboxylic acids is 1. The Kier molecular flexibility index (Phi) is 5.88. The lowest BCUT2D eigenvalue weighted by Crippen LogP contribution is -2.22. The fourth-order valence-corrected chi connectivity index (χ4v) is 1.48. The summed E-state index contributed by atoms with van der Waals surface area (Å²) in [5, 5.41) is 10.1. The summed E-state index contributed by atoms with van der Waals surface area (Å²) < 4.78 is 0. The van der Waals surface area contributed by atoms with Gasteiger partial charge in [0.1, 0.15) is 0 Å². The van der Waals surface area contributed by atoms with Crippen molar-refractivity contribution >= 4 is 28.7 Å². The molecule has 2 aromatic carbocycles. The van der Waals surface area contributed by atoms with Gasteiger partial charge in [-0.2, -0.15) is 0 Å². The third-order valence-electron chi connectivity index (χ3n) is 2.86. The van der Waals surface area contributed by atoms with E-state index in [9.17, 15) is 14.9 Å². The lowest BCUT2D eigenvalue weighted by atomic mass is 10.2. The molecule has 22 heavy (non-hydrogen) atoms. The van der Waals surface area contributed by atoms with Crippen LogP contribution in [0.15, 0.2) is 48.5 Å². The fraction of sp³-hybridized carbons (Fsp3) is 0.133. The molecule has 0 bridgehead atoms. The van der Waals surface area contributed by atoms with E-state index in [2.05, 4.69) is 0 Å². The number of anilines is 3. The molecule has 0 aliphatic rings. The van der Waals surface area contributed by atoms with E-state index < -0.39 is 4.92 Å². The maximum absolute atomic E-state index is 10.9. The molecular formula is C15H18N4O3. The minimum Gasteiger partial charge on any atom is -0.399 e. The zero-order valence-electron chi connectivity index (χ0n) is 12.4. The monoisotopic (exact) mass is 302 g/mol. The number of nitro benzene ring substituents is 1. The van der Waals surface area contributed by atoms with Gasteiger partial charge in [-0.1, -0.05) is 0 Å². The van der Waals surface area contributed by atoms with Gasteiger partial charge >= 0.3 is 0 Å². The number of hydrogen-bond acceptors (Lipinski definition) is 5. The van der Waals surface area contributed by atoms with Gasteiger partial charge in [0.25, 0.3) is 5.69 Å². The second-order valence-electron chi connectivity index (χ2n) is 4.52. The molecule has 0 spiro atoms. The van der Waals surface area contributed by atoms with Crippen LogP contribution < -0.4 is 16.4 Å². The number of hydrogen-bond donors (Lipinski definition) is 2. The van der Waals surface area contributed by atoms with Gasteiger partial charge in [-0.25, -0.2) is 0 Å². The Labute approximate surface area is 128 Å². The molecule has 0 aliphatic carbocycles. The van der Waals surface area contributed by atoms with Crippen LogP contribution in [0.5, 0.6) is 0 Å². The lowest BCUT2D eigenvalue weighted by molar-refractivity contribution is -0.384. The predicted octanol–water partition coefficient (Wildman–Crippen LogP) is 2.43. The molecule has 116 valence electrons.